The highest BCUT2D eigenvalue weighted by atomic mass is 35.5. The standard InChI is InChI=1S/C19H22ClN3O2/c1-21-18(24)14-5-4-10-22-17(14)23-13-19(8-11-25-12-9-19)15-6-2-3-7-16(15)20/h2-7,10H,8-9,11-13H2,1H3,(H,21,24)(H,22,23). The summed E-state index contributed by atoms with van der Waals surface area (Å²) in [6, 6.07) is 11.5. The van der Waals surface area contributed by atoms with Gasteiger partial charge in [-0.2, -0.15) is 0 Å². The maximum absolute atomic E-state index is 12.1. The van der Waals surface area contributed by atoms with Crippen LogP contribution in [0.2, 0.25) is 5.02 Å². The Morgan fingerprint density at radius 3 is 2.72 bits per heavy atom. The van der Waals surface area contributed by atoms with Crippen LogP contribution in [0.1, 0.15) is 28.8 Å². The third-order valence-electron chi connectivity index (χ3n) is 4.77. The molecule has 2 N–H and O–H groups in total. The van der Waals surface area contributed by atoms with Crippen LogP contribution in [0.5, 0.6) is 0 Å². The molecule has 1 aliphatic rings. The minimum Gasteiger partial charge on any atom is -0.381 e. The lowest BCUT2D eigenvalue weighted by Crippen LogP contribution is -2.40. The average molecular weight is 360 g/mol. The Labute approximate surface area is 152 Å². The quantitative estimate of drug-likeness (QED) is 0.860. The van der Waals surface area contributed by atoms with Gasteiger partial charge in [-0.1, -0.05) is 29.8 Å². The fourth-order valence-electron chi connectivity index (χ4n) is 3.31. The third-order valence-corrected chi connectivity index (χ3v) is 5.10. The Kier molecular flexibility index (Phi) is 5.56. The van der Waals surface area contributed by atoms with Crippen LogP contribution in [0.15, 0.2) is 42.6 Å². The van der Waals surface area contributed by atoms with Gasteiger partial charge in [-0.15, -0.1) is 0 Å². The van der Waals surface area contributed by atoms with E-state index in [-0.39, 0.29) is 11.3 Å². The molecule has 6 heteroatoms. The molecule has 1 aliphatic heterocycles. The van der Waals surface area contributed by atoms with Crippen LogP contribution in [0.4, 0.5) is 5.82 Å². The van der Waals surface area contributed by atoms with Crippen LogP contribution < -0.4 is 10.6 Å². The van der Waals surface area contributed by atoms with E-state index in [9.17, 15) is 4.79 Å². The van der Waals surface area contributed by atoms with Gasteiger partial charge in [0.25, 0.3) is 5.91 Å². The molecular formula is C19H22ClN3O2. The van der Waals surface area contributed by atoms with Crippen molar-refractivity contribution in [3.8, 4) is 0 Å². The van der Waals surface area contributed by atoms with Crippen molar-refractivity contribution >= 4 is 23.3 Å². The molecule has 0 atom stereocenters. The van der Waals surface area contributed by atoms with Crippen LogP contribution in [0, 0.1) is 0 Å². The van der Waals surface area contributed by atoms with Gasteiger partial charge in [-0.3, -0.25) is 4.79 Å². The molecule has 1 saturated heterocycles. The molecule has 1 aromatic heterocycles. The largest absolute Gasteiger partial charge is 0.381 e. The summed E-state index contributed by atoms with van der Waals surface area (Å²) < 4.78 is 5.57. The summed E-state index contributed by atoms with van der Waals surface area (Å²) in [5.41, 5.74) is 1.50. The second-order valence-corrected chi connectivity index (χ2v) is 6.61. The second-order valence-electron chi connectivity index (χ2n) is 6.20. The van der Waals surface area contributed by atoms with E-state index in [4.69, 9.17) is 16.3 Å². The molecule has 0 radical (unpaired) electrons. The zero-order chi connectivity index (χ0) is 17.7. The first-order valence-corrected chi connectivity index (χ1v) is 8.78. The van der Waals surface area contributed by atoms with E-state index in [2.05, 4.69) is 21.7 Å². The predicted octanol–water partition coefficient (Wildman–Crippen LogP) is 3.25. The summed E-state index contributed by atoms with van der Waals surface area (Å²) >= 11 is 6.48. The Hall–Kier alpha value is -2.11. The first kappa shape index (κ1) is 17.7. The first-order valence-electron chi connectivity index (χ1n) is 8.40. The van der Waals surface area contributed by atoms with Crippen LogP contribution in [-0.4, -0.2) is 37.7 Å². The zero-order valence-electron chi connectivity index (χ0n) is 14.2. The number of aromatic nitrogens is 1. The van der Waals surface area contributed by atoms with Gasteiger partial charge in [0.15, 0.2) is 0 Å². The number of nitrogens with zero attached hydrogens (tertiary/aromatic N) is 1. The number of rotatable bonds is 5. The smallest absolute Gasteiger partial charge is 0.254 e. The van der Waals surface area contributed by atoms with Crippen LogP contribution >= 0.6 is 11.6 Å². The molecule has 0 spiro atoms. The second kappa shape index (κ2) is 7.85. The van der Waals surface area contributed by atoms with Gasteiger partial charge in [0.2, 0.25) is 0 Å². The van der Waals surface area contributed by atoms with Crippen molar-refractivity contribution in [1.82, 2.24) is 10.3 Å². The van der Waals surface area contributed by atoms with Crippen LogP contribution in [0.25, 0.3) is 0 Å². The van der Waals surface area contributed by atoms with E-state index >= 15 is 0 Å². The Balaban J connectivity index is 1.88. The normalized spacial score (nSPS) is 16.2. The highest BCUT2D eigenvalue weighted by Crippen LogP contribution is 2.38. The highest BCUT2D eigenvalue weighted by molar-refractivity contribution is 6.31. The highest BCUT2D eigenvalue weighted by Gasteiger charge is 2.36. The van der Waals surface area contributed by atoms with Crippen molar-refractivity contribution < 1.29 is 9.53 Å². The summed E-state index contributed by atoms with van der Waals surface area (Å²) in [6.45, 7) is 2.02. The molecule has 0 aliphatic carbocycles. The number of amides is 1. The van der Waals surface area contributed by atoms with E-state index in [0.29, 0.717) is 31.1 Å². The van der Waals surface area contributed by atoms with Crippen LogP contribution in [0.3, 0.4) is 0 Å². The predicted molar refractivity (Wildman–Crippen MR) is 99.3 cm³/mol. The number of nitrogens with one attached hydrogen (secondary N) is 2. The van der Waals surface area contributed by atoms with E-state index < -0.39 is 0 Å². The molecule has 3 rings (SSSR count). The van der Waals surface area contributed by atoms with Crippen molar-refractivity contribution in [2.45, 2.75) is 18.3 Å². The monoisotopic (exact) mass is 359 g/mol. The van der Waals surface area contributed by atoms with Gasteiger partial charge < -0.3 is 15.4 Å². The first-order chi connectivity index (χ1) is 12.2. The lowest BCUT2D eigenvalue weighted by molar-refractivity contribution is 0.0544. The molecule has 2 aromatic rings. The number of hydrogen-bond acceptors (Lipinski definition) is 4. The number of hydrogen-bond donors (Lipinski definition) is 2. The Morgan fingerprint density at radius 1 is 1.24 bits per heavy atom. The Morgan fingerprint density at radius 2 is 2.00 bits per heavy atom. The number of pyridine rings is 1. The minimum atomic E-state index is -0.158. The summed E-state index contributed by atoms with van der Waals surface area (Å²) in [5.74, 6) is 0.425. The molecule has 2 heterocycles. The molecular weight excluding hydrogens is 338 g/mol. The maximum atomic E-state index is 12.1. The number of carbonyl (C=O) groups excluding carboxylic acids is 1. The van der Waals surface area contributed by atoms with Gasteiger partial charge in [-0.25, -0.2) is 4.98 Å². The van der Waals surface area contributed by atoms with Gasteiger partial charge in [0.05, 0.1) is 5.56 Å². The molecule has 0 unspecified atom stereocenters. The van der Waals surface area contributed by atoms with Crippen molar-refractivity contribution in [3.05, 3.63) is 58.7 Å². The molecule has 1 aromatic carbocycles. The molecule has 5 nitrogen and oxygen atoms in total. The lowest BCUT2D eigenvalue weighted by atomic mass is 9.74. The summed E-state index contributed by atoms with van der Waals surface area (Å²) in [5, 5.41) is 6.79. The van der Waals surface area contributed by atoms with Crippen molar-refractivity contribution in [3.63, 3.8) is 0 Å². The van der Waals surface area contributed by atoms with Gasteiger partial charge >= 0.3 is 0 Å². The van der Waals surface area contributed by atoms with Gasteiger partial charge in [0, 0.05) is 43.4 Å². The number of anilines is 1. The van der Waals surface area contributed by atoms with E-state index in [1.54, 1.807) is 25.4 Å². The number of benzene rings is 1. The lowest BCUT2D eigenvalue weighted by Gasteiger charge is -2.38. The zero-order valence-corrected chi connectivity index (χ0v) is 15.0. The average Bonchev–Trinajstić information content (AvgIpc) is 2.67. The van der Waals surface area contributed by atoms with E-state index in [1.165, 1.54) is 0 Å². The van der Waals surface area contributed by atoms with Crippen molar-refractivity contribution in [1.29, 1.82) is 0 Å². The van der Waals surface area contributed by atoms with Crippen LogP contribution in [-0.2, 0) is 10.2 Å². The molecule has 25 heavy (non-hydrogen) atoms. The molecule has 132 valence electrons. The van der Waals surface area contributed by atoms with Gasteiger partial charge in [0.1, 0.15) is 5.82 Å². The molecule has 0 bridgehead atoms. The molecule has 1 amide bonds. The van der Waals surface area contributed by atoms with E-state index in [0.717, 1.165) is 23.4 Å². The number of carbonyl (C=O) groups is 1. The fourth-order valence-corrected chi connectivity index (χ4v) is 3.65. The van der Waals surface area contributed by atoms with Crippen molar-refractivity contribution in [2.75, 3.05) is 32.1 Å². The topological polar surface area (TPSA) is 63.2 Å². The summed E-state index contributed by atoms with van der Waals surface area (Å²) in [7, 11) is 1.61. The number of halogens is 1. The minimum absolute atomic E-state index is 0.145. The summed E-state index contributed by atoms with van der Waals surface area (Å²) in [4.78, 5) is 16.4. The number of ether oxygens (including phenoxy) is 1. The molecule has 0 saturated carbocycles. The third kappa shape index (κ3) is 3.78. The maximum Gasteiger partial charge on any atom is 0.254 e. The van der Waals surface area contributed by atoms with E-state index in [1.807, 2.05) is 18.2 Å². The summed E-state index contributed by atoms with van der Waals surface area (Å²) in [6.07, 6.45) is 3.42. The van der Waals surface area contributed by atoms with Crippen molar-refractivity contribution in [2.24, 2.45) is 0 Å². The SMILES string of the molecule is CNC(=O)c1cccnc1NCC1(c2ccccc2Cl)CCOCC1. The Bertz CT molecular complexity index is 745. The fraction of sp³-hybridized carbons (Fsp3) is 0.368. The van der Waals surface area contributed by atoms with Gasteiger partial charge in [-0.05, 0) is 36.6 Å². The molecule has 1 fully saturated rings.